The summed E-state index contributed by atoms with van der Waals surface area (Å²) in [6.45, 7) is -0.751. The van der Waals surface area contributed by atoms with Gasteiger partial charge in [-0.3, -0.25) is 4.79 Å². The van der Waals surface area contributed by atoms with Crippen LogP contribution in [0.4, 0.5) is 8.78 Å². The lowest BCUT2D eigenvalue weighted by atomic mass is 10.0. The van der Waals surface area contributed by atoms with Crippen molar-refractivity contribution in [2.24, 2.45) is 0 Å². The van der Waals surface area contributed by atoms with Crippen LogP contribution in [-0.4, -0.2) is 38.9 Å². The highest BCUT2D eigenvalue weighted by atomic mass is 32.2. The van der Waals surface area contributed by atoms with Gasteiger partial charge >= 0.3 is 0 Å². The molecule has 1 unspecified atom stereocenters. The van der Waals surface area contributed by atoms with Crippen LogP contribution in [0.5, 0.6) is 5.75 Å². The second-order valence-corrected chi connectivity index (χ2v) is 6.88. The molecule has 2 rings (SSSR count). The molecule has 0 amide bonds. The van der Waals surface area contributed by atoms with Crippen molar-refractivity contribution in [3.63, 3.8) is 0 Å². The van der Waals surface area contributed by atoms with E-state index in [2.05, 4.69) is 9.68 Å². The number of aromatic hydroxyl groups is 1. The Morgan fingerprint density at radius 2 is 1.87 bits per heavy atom. The Morgan fingerprint density at radius 3 is 2.50 bits per heavy atom. The van der Waals surface area contributed by atoms with E-state index in [1.165, 1.54) is 24.3 Å². The molecule has 0 aliphatic heterocycles. The number of hydrogen-bond acceptors (Lipinski definition) is 9. The normalized spacial score (nSPS) is 11.5. The van der Waals surface area contributed by atoms with Crippen LogP contribution < -0.4 is 0 Å². The molecule has 2 aromatic rings. The minimum absolute atomic E-state index is 0.0640. The standard InChI is InChI=1S/C17H14F2N2O8S/c18-12-2-3-14(15(19)7-12)10-1-4-16(22)11(5-10)6-17(23)30-9-13(29-21(26)27)8-28-20(24)25/h1-5,7,13,22H,6,8-9H2. The number of benzene rings is 2. The Bertz CT molecular complexity index is 959. The SMILES string of the molecule is O=C(Cc1cc(-c2ccc(F)cc2F)ccc1O)SCC(CO[N+](=O)[O-])O[N+](=O)[O-]. The molecular weight excluding hydrogens is 430 g/mol. The van der Waals surface area contributed by atoms with Gasteiger partial charge in [0.25, 0.3) is 10.2 Å². The first kappa shape index (κ1) is 22.8. The number of carbonyl (C=O) groups is 1. The van der Waals surface area contributed by atoms with Gasteiger partial charge < -0.3 is 14.8 Å². The second-order valence-electron chi connectivity index (χ2n) is 5.80. The fourth-order valence-electron chi connectivity index (χ4n) is 2.39. The number of carbonyl (C=O) groups excluding carboxylic acids is 1. The highest BCUT2D eigenvalue weighted by molar-refractivity contribution is 8.13. The zero-order valence-electron chi connectivity index (χ0n) is 15.0. The average molecular weight is 444 g/mol. The van der Waals surface area contributed by atoms with Gasteiger partial charge in [0.15, 0.2) is 5.12 Å². The molecule has 1 N–H and O–H groups in total. The van der Waals surface area contributed by atoms with Crippen molar-refractivity contribution in [3.05, 3.63) is 73.8 Å². The Labute approximate surface area is 171 Å². The number of phenolic OH excluding ortho intramolecular Hbond substituents is 1. The predicted octanol–water partition coefficient (Wildman–Crippen LogP) is 2.92. The summed E-state index contributed by atoms with van der Waals surface area (Å²) in [7, 11) is 0. The summed E-state index contributed by atoms with van der Waals surface area (Å²) in [5.41, 5.74) is 0.503. The van der Waals surface area contributed by atoms with E-state index >= 15 is 0 Å². The van der Waals surface area contributed by atoms with Crippen LogP contribution in [0.15, 0.2) is 36.4 Å². The van der Waals surface area contributed by atoms with E-state index in [-0.39, 0.29) is 29.1 Å². The Morgan fingerprint density at radius 1 is 1.13 bits per heavy atom. The maximum atomic E-state index is 14.0. The van der Waals surface area contributed by atoms with E-state index in [0.29, 0.717) is 23.4 Å². The summed E-state index contributed by atoms with van der Waals surface area (Å²) < 4.78 is 27.1. The number of nitrogens with zero attached hydrogens (tertiary/aromatic N) is 2. The maximum Gasteiger partial charge on any atom is 0.294 e. The molecule has 0 saturated heterocycles. The van der Waals surface area contributed by atoms with Crippen molar-refractivity contribution in [1.29, 1.82) is 0 Å². The van der Waals surface area contributed by atoms with Gasteiger partial charge in [-0.25, -0.2) is 8.78 Å². The van der Waals surface area contributed by atoms with E-state index in [0.717, 1.165) is 6.07 Å². The van der Waals surface area contributed by atoms with E-state index in [4.69, 9.17) is 0 Å². The summed E-state index contributed by atoms with van der Waals surface area (Å²) in [6.07, 6.45) is -1.69. The van der Waals surface area contributed by atoms with Crippen molar-refractivity contribution in [2.45, 2.75) is 12.5 Å². The Kier molecular flexibility index (Phi) is 7.86. The van der Waals surface area contributed by atoms with Gasteiger partial charge in [0.2, 0.25) is 0 Å². The largest absolute Gasteiger partial charge is 0.508 e. The molecule has 13 heteroatoms. The molecule has 0 spiro atoms. The fraction of sp³-hybridized carbons (Fsp3) is 0.235. The molecule has 0 fully saturated rings. The zero-order chi connectivity index (χ0) is 22.3. The van der Waals surface area contributed by atoms with E-state index in [1.54, 1.807) is 0 Å². The first-order valence-corrected chi connectivity index (χ1v) is 9.15. The highest BCUT2D eigenvalue weighted by Gasteiger charge is 2.19. The maximum absolute atomic E-state index is 14.0. The van der Waals surface area contributed by atoms with Crippen molar-refractivity contribution >= 4 is 16.9 Å². The quantitative estimate of drug-likeness (QED) is 0.432. The number of rotatable bonds is 10. The van der Waals surface area contributed by atoms with Gasteiger partial charge in [0.1, 0.15) is 30.1 Å². The van der Waals surface area contributed by atoms with Crippen LogP contribution in [-0.2, 0) is 20.9 Å². The molecule has 30 heavy (non-hydrogen) atoms. The van der Waals surface area contributed by atoms with Gasteiger partial charge in [-0.2, -0.15) is 0 Å². The van der Waals surface area contributed by atoms with Crippen LogP contribution in [0.2, 0.25) is 0 Å². The average Bonchev–Trinajstić information content (AvgIpc) is 2.65. The van der Waals surface area contributed by atoms with Crippen molar-refractivity contribution in [1.82, 2.24) is 0 Å². The van der Waals surface area contributed by atoms with E-state index in [9.17, 15) is 38.9 Å². The molecule has 160 valence electrons. The number of hydrogen-bond donors (Lipinski definition) is 1. The summed E-state index contributed by atoms with van der Waals surface area (Å²) >= 11 is 0.583. The summed E-state index contributed by atoms with van der Waals surface area (Å²) in [4.78, 5) is 41.1. The van der Waals surface area contributed by atoms with Gasteiger partial charge in [-0.15, -0.1) is 20.2 Å². The molecule has 0 aliphatic carbocycles. The molecular formula is C17H14F2N2O8S. The summed E-state index contributed by atoms with van der Waals surface area (Å²) in [5, 5.41) is 27.7. The van der Waals surface area contributed by atoms with Gasteiger partial charge in [0.05, 0.1) is 0 Å². The van der Waals surface area contributed by atoms with Crippen LogP contribution >= 0.6 is 11.8 Å². The third-order valence-electron chi connectivity index (χ3n) is 3.69. The van der Waals surface area contributed by atoms with Crippen LogP contribution in [0.3, 0.4) is 0 Å². The first-order valence-electron chi connectivity index (χ1n) is 8.17. The molecule has 0 aromatic heterocycles. The molecule has 0 bridgehead atoms. The predicted molar refractivity (Wildman–Crippen MR) is 99.4 cm³/mol. The van der Waals surface area contributed by atoms with Crippen molar-refractivity contribution < 1.29 is 38.5 Å². The van der Waals surface area contributed by atoms with E-state index < -0.39 is 39.6 Å². The van der Waals surface area contributed by atoms with Crippen LogP contribution in [0, 0.1) is 31.9 Å². The highest BCUT2D eigenvalue weighted by Crippen LogP contribution is 2.29. The third kappa shape index (κ3) is 6.84. The lowest BCUT2D eigenvalue weighted by Crippen LogP contribution is -2.27. The topological polar surface area (TPSA) is 142 Å². The second kappa shape index (κ2) is 10.3. The number of halogens is 2. The van der Waals surface area contributed by atoms with Crippen molar-refractivity contribution in [3.8, 4) is 16.9 Å². The third-order valence-corrected chi connectivity index (χ3v) is 4.69. The molecule has 0 aliphatic rings. The smallest absolute Gasteiger partial charge is 0.294 e. The van der Waals surface area contributed by atoms with Gasteiger partial charge in [-0.1, -0.05) is 17.8 Å². The molecule has 10 nitrogen and oxygen atoms in total. The zero-order valence-corrected chi connectivity index (χ0v) is 15.8. The van der Waals surface area contributed by atoms with Gasteiger partial charge in [0, 0.05) is 29.4 Å². The first-order chi connectivity index (χ1) is 14.2. The van der Waals surface area contributed by atoms with Crippen LogP contribution in [0.25, 0.3) is 11.1 Å². The minimum Gasteiger partial charge on any atom is -0.508 e. The molecule has 0 heterocycles. The van der Waals surface area contributed by atoms with Crippen molar-refractivity contribution in [2.75, 3.05) is 12.4 Å². The van der Waals surface area contributed by atoms with E-state index in [1.807, 2.05) is 0 Å². The molecule has 0 saturated carbocycles. The van der Waals surface area contributed by atoms with Gasteiger partial charge in [-0.05, 0) is 29.8 Å². The van der Waals surface area contributed by atoms with Crippen LogP contribution in [0.1, 0.15) is 5.56 Å². The molecule has 0 radical (unpaired) electrons. The summed E-state index contributed by atoms with van der Waals surface area (Å²) in [6, 6.07) is 6.97. The lowest BCUT2D eigenvalue weighted by Gasteiger charge is -2.13. The minimum atomic E-state index is -1.37. The summed E-state index contributed by atoms with van der Waals surface area (Å²) in [5.74, 6) is -2.14. The number of phenols is 1. The Balaban J connectivity index is 2.06. The number of thioether (sulfide) groups is 1. The Hall–Kier alpha value is -3.48. The lowest BCUT2D eigenvalue weighted by molar-refractivity contribution is -0.788. The monoisotopic (exact) mass is 444 g/mol. The molecule has 2 aromatic carbocycles. The molecule has 1 atom stereocenters. The fourth-order valence-corrected chi connectivity index (χ4v) is 3.17.